The summed E-state index contributed by atoms with van der Waals surface area (Å²) >= 11 is 10.5. The first-order chi connectivity index (χ1) is 11.9. The van der Waals surface area contributed by atoms with Crippen LogP contribution in [0.15, 0.2) is 44.4 Å². The van der Waals surface area contributed by atoms with Crippen LogP contribution >= 0.6 is 38.9 Å². The molecule has 1 saturated heterocycles. The number of nitrogens with one attached hydrogen (secondary N) is 1. The highest BCUT2D eigenvalue weighted by molar-refractivity contribution is 9.10. The van der Waals surface area contributed by atoms with Crippen molar-refractivity contribution in [2.24, 2.45) is 5.92 Å². The van der Waals surface area contributed by atoms with E-state index >= 15 is 0 Å². The number of nitrogens with zero attached hydrogens (tertiary/aromatic N) is 1. The van der Waals surface area contributed by atoms with Crippen LogP contribution in [0.3, 0.4) is 0 Å². The summed E-state index contributed by atoms with van der Waals surface area (Å²) in [7, 11) is -3.53. The number of hydrogen-bond acceptors (Lipinski definition) is 4. The van der Waals surface area contributed by atoms with Crippen molar-refractivity contribution in [3.63, 3.8) is 0 Å². The number of anilines is 1. The van der Waals surface area contributed by atoms with Gasteiger partial charge < -0.3 is 5.32 Å². The average Bonchev–Trinajstić information content (AvgIpc) is 3.14. The SMILES string of the molecule is O=C(Nc1ccc(Br)c(Cl)c1)[C@@H]1CCCN(S(=O)(=O)c2cccs2)C1. The van der Waals surface area contributed by atoms with E-state index in [4.69, 9.17) is 11.6 Å². The Morgan fingerprint density at radius 1 is 1.36 bits per heavy atom. The summed E-state index contributed by atoms with van der Waals surface area (Å²) in [5, 5.41) is 5.06. The zero-order chi connectivity index (χ0) is 18.0. The molecule has 0 saturated carbocycles. The molecule has 0 radical (unpaired) electrons. The first-order valence-corrected chi connectivity index (χ1v) is 11.2. The van der Waals surface area contributed by atoms with Crippen LogP contribution in [0.1, 0.15) is 12.8 Å². The van der Waals surface area contributed by atoms with Gasteiger partial charge >= 0.3 is 0 Å². The van der Waals surface area contributed by atoms with Crippen LogP contribution in [0, 0.1) is 5.92 Å². The van der Waals surface area contributed by atoms with Gasteiger partial charge in [-0.1, -0.05) is 17.7 Å². The number of hydrogen-bond donors (Lipinski definition) is 1. The minimum Gasteiger partial charge on any atom is -0.326 e. The number of benzene rings is 1. The molecule has 1 aromatic carbocycles. The van der Waals surface area contributed by atoms with E-state index in [1.165, 1.54) is 15.6 Å². The molecule has 0 unspecified atom stereocenters. The zero-order valence-corrected chi connectivity index (χ0v) is 17.1. The molecule has 1 aromatic heterocycles. The normalized spacial score (nSPS) is 18.9. The van der Waals surface area contributed by atoms with Gasteiger partial charge in [0.15, 0.2) is 0 Å². The lowest BCUT2D eigenvalue weighted by molar-refractivity contribution is -0.120. The molecule has 3 rings (SSSR count). The molecule has 0 aliphatic carbocycles. The molecular weight excluding hydrogens is 448 g/mol. The van der Waals surface area contributed by atoms with Crippen molar-refractivity contribution in [2.75, 3.05) is 18.4 Å². The summed E-state index contributed by atoms with van der Waals surface area (Å²) in [6.45, 7) is 0.629. The molecule has 5 nitrogen and oxygen atoms in total. The standard InChI is InChI=1S/C16H16BrClN2O3S2/c17-13-6-5-12(9-14(13)18)19-16(21)11-3-1-7-20(10-11)25(22,23)15-4-2-8-24-15/h2,4-6,8-9,11H,1,3,7,10H2,(H,19,21)/t11-/m1/s1. The fraction of sp³-hybridized carbons (Fsp3) is 0.312. The lowest BCUT2D eigenvalue weighted by atomic mass is 9.99. The first-order valence-electron chi connectivity index (χ1n) is 7.67. The van der Waals surface area contributed by atoms with E-state index in [0.29, 0.717) is 34.3 Å². The second-order valence-corrected chi connectivity index (χ2v) is 10.1. The lowest BCUT2D eigenvalue weighted by Crippen LogP contribution is -2.43. The molecule has 1 amide bonds. The van der Waals surface area contributed by atoms with Crippen molar-refractivity contribution in [2.45, 2.75) is 17.1 Å². The molecule has 1 N–H and O–H groups in total. The third-order valence-electron chi connectivity index (χ3n) is 4.03. The van der Waals surface area contributed by atoms with Crippen LogP contribution in [-0.2, 0) is 14.8 Å². The van der Waals surface area contributed by atoms with Crippen molar-refractivity contribution in [1.82, 2.24) is 4.31 Å². The molecule has 2 heterocycles. The summed E-state index contributed by atoms with van der Waals surface area (Å²) in [6.07, 6.45) is 1.32. The van der Waals surface area contributed by atoms with Gasteiger partial charge in [-0.15, -0.1) is 11.3 Å². The van der Waals surface area contributed by atoms with Gasteiger partial charge in [0.1, 0.15) is 4.21 Å². The van der Waals surface area contributed by atoms with Gasteiger partial charge in [0.2, 0.25) is 5.91 Å². The molecular formula is C16H16BrClN2O3S2. The van der Waals surface area contributed by atoms with Crippen molar-refractivity contribution in [3.05, 3.63) is 45.2 Å². The number of rotatable bonds is 4. The zero-order valence-electron chi connectivity index (χ0n) is 13.1. The molecule has 0 spiro atoms. The van der Waals surface area contributed by atoms with Crippen molar-refractivity contribution < 1.29 is 13.2 Å². The largest absolute Gasteiger partial charge is 0.326 e. The number of piperidine rings is 1. The van der Waals surface area contributed by atoms with E-state index in [2.05, 4.69) is 21.2 Å². The average molecular weight is 464 g/mol. The summed E-state index contributed by atoms with van der Waals surface area (Å²) in [5.41, 5.74) is 0.594. The molecule has 0 bridgehead atoms. The van der Waals surface area contributed by atoms with Crippen LogP contribution < -0.4 is 5.32 Å². The summed E-state index contributed by atoms with van der Waals surface area (Å²) in [5.74, 6) is -0.574. The van der Waals surface area contributed by atoms with E-state index in [9.17, 15) is 13.2 Å². The lowest BCUT2D eigenvalue weighted by Gasteiger charge is -2.30. The summed E-state index contributed by atoms with van der Waals surface area (Å²) < 4.78 is 27.7. The molecule has 1 fully saturated rings. The predicted octanol–water partition coefficient (Wildman–Crippen LogP) is 4.20. The highest BCUT2D eigenvalue weighted by atomic mass is 79.9. The number of thiophene rings is 1. The molecule has 1 atom stereocenters. The minimum absolute atomic E-state index is 0.190. The number of sulfonamides is 1. The fourth-order valence-electron chi connectivity index (χ4n) is 2.73. The predicted molar refractivity (Wildman–Crippen MR) is 104 cm³/mol. The topological polar surface area (TPSA) is 66.5 Å². The Kier molecular flexibility index (Phi) is 5.85. The van der Waals surface area contributed by atoms with E-state index < -0.39 is 10.0 Å². The fourth-order valence-corrected chi connectivity index (χ4v) is 5.83. The van der Waals surface area contributed by atoms with E-state index in [-0.39, 0.29) is 18.4 Å². The third kappa shape index (κ3) is 4.25. The summed E-state index contributed by atoms with van der Waals surface area (Å²) in [4.78, 5) is 12.5. The smallest absolute Gasteiger partial charge is 0.252 e. The maximum Gasteiger partial charge on any atom is 0.252 e. The minimum atomic E-state index is -3.53. The molecule has 25 heavy (non-hydrogen) atoms. The number of amides is 1. The second kappa shape index (κ2) is 7.75. The monoisotopic (exact) mass is 462 g/mol. The molecule has 9 heteroatoms. The van der Waals surface area contributed by atoms with Crippen LogP contribution in [0.2, 0.25) is 5.02 Å². The van der Waals surface area contributed by atoms with Gasteiger partial charge in [0.25, 0.3) is 10.0 Å². The first kappa shape index (κ1) is 18.8. The summed E-state index contributed by atoms with van der Waals surface area (Å²) in [6, 6.07) is 8.46. The van der Waals surface area contributed by atoms with Crippen LogP contribution in [-0.4, -0.2) is 31.7 Å². The number of carbonyl (C=O) groups is 1. The Morgan fingerprint density at radius 3 is 2.84 bits per heavy atom. The molecule has 2 aromatic rings. The van der Waals surface area contributed by atoms with Crippen molar-refractivity contribution in [3.8, 4) is 0 Å². The van der Waals surface area contributed by atoms with Gasteiger partial charge in [0.05, 0.1) is 10.9 Å². The van der Waals surface area contributed by atoms with E-state index in [1.807, 2.05) is 0 Å². The Bertz CT molecular complexity index is 872. The number of halogens is 2. The Morgan fingerprint density at radius 2 is 2.16 bits per heavy atom. The van der Waals surface area contributed by atoms with Gasteiger partial charge in [0, 0.05) is 23.2 Å². The Hall–Kier alpha value is -0.930. The molecule has 1 aliphatic rings. The Labute approximate surface area is 164 Å². The highest BCUT2D eigenvalue weighted by Crippen LogP contribution is 2.28. The van der Waals surface area contributed by atoms with Crippen LogP contribution in [0.25, 0.3) is 0 Å². The third-order valence-corrected chi connectivity index (χ3v) is 8.50. The van der Waals surface area contributed by atoms with Gasteiger partial charge in [-0.05, 0) is 58.4 Å². The van der Waals surface area contributed by atoms with Gasteiger partial charge in [-0.2, -0.15) is 4.31 Å². The second-order valence-electron chi connectivity index (χ2n) is 5.75. The van der Waals surface area contributed by atoms with Gasteiger partial charge in [-0.3, -0.25) is 4.79 Å². The maximum absolute atomic E-state index is 12.6. The maximum atomic E-state index is 12.6. The highest BCUT2D eigenvalue weighted by Gasteiger charge is 2.33. The molecule has 1 aliphatic heterocycles. The van der Waals surface area contributed by atoms with Crippen LogP contribution in [0.5, 0.6) is 0 Å². The Balaban J connectivity index is 1.70. The van der Waals surface area contributed by atoms with Gasteiger partial charge in [-0.25, -0.2) is 8.42 Å². The number of carbonyl (C=O) groups excluding carboxylic acids is 1. The van der Waals surface area contributed by atoms with Crippen LogP contribution in [0.4, 0.5) is 5.69 Å². The van der Waals surface area contributed by atoms with E-state index in [0.717, 1.165) is 4.47 Å². The quantitative estimate of drug-likeness (QED) is 0.739. The molecule has 134 valence electrons. The van der Waals surface area contributed by atoms with E-state index in [1.54, 1.807) is 35.7 Å². The van der Waals surface area contributed by atoms with Crippen molar-refractivity contribution >= 4 is 60.5 Å². The van der Waals surface area contributed by atoms with Crippen molar-refractivity contribution in [1.29, 1.82) is 0 Å².